The molecule has 2 N–H and O–H groups in total. The van der Waals surface area contributed by atoms with Gasteiger partial charge in [0.25, 0.3) is 5.91 Å². The number of phenolic OH excluding ortho intramolecular Hbond substituents is 1. The van der Waals surface area contributed by atoms with Crippen molar-refractivity contribution in [3.63, 3.8) is 0 Å². The first-order chi connectivity index (χ1) is 12.2. The monoisotopic (exact) mass is 351 g/mol. The van der Waals surface area contributed by atoms with E-state index in [2.05, 4.69) is 5.32 Å². The summed E-state index contributed by atoms with van der Waals surface area (Å²) in [4.78, 5) is 12.5. The Morgan fingerprint density at radius 2 is 1.44 bits per heavy atom. The highest BCUT2D eigenvalue weighted by atomic mass is 35.5. The third-order valence-corrected chi connectivity index (χ3v) is 4.41. The number of hydrogen-bond donors (Lipinski definition) is 2. The molecule has 25 heavy (non-hydrogen) atoms. The van der Waals surface area contributed by atoms with Crippen molar-refractivity contribution in [2.45, 2.75) is 5.92 Å². The maximum Gasteiger partial charge on any atom is 0.255 e. The van der Waals surface area contributed by atoms with Crippen molar-refractivity contribution in [3.05, 3.63) is 101 Å². The number of phenols is 1. The molecule has 0 aliphatic carbocycles. The number of rotatable bonds is 5. The number of benzene rings is 3. The molecule has 0 saturated carbocycles. The van der Waals surface area contributed by atoms with E-state index in [1.807, 2.05) is 60.7 Å². The summed E-state index contributed by atoms with van der Waals surface area (Å²) in [6, 6.07) is 24.8. The zero-order valence-corrected chi connectivity index (χ0v) is 14.3. The van der Waals surface area contributed by atoms with Gasteiger partial charge in [-0.1, -0.05) is 78.3 Å². The number of carbonyl (C=O) groups excluding carboxylic acids is 1. The minimum Gasteiger partial charge on any atom is -0.506 e. The van der Waals surface area contributed by atoms with Gasteiger partial charge in [0.05, 0.1) is 10.6 Å². The van der Waals surface area contributed by atoms with E-state index in [9.17, 15) is 9.90 Å². The SMILES string of the molecule is O=C(NCC(c1ccccc1)c1ccccc1)c1cccc(Cl)c1O. The van der Waals surface area contributed by atoms with Gasteiger partial charge in [-0.2, -0.15) is 0 Å². The molecule has 0 radical (unpaired) electrons. The molecule has 0 spiro atoms. The number of para-hydroxylation sites is 1. The van der Waals surface area contributed by atoms with Crippen LogP contribution >= 0.6 is 11.6 Å². The number of amides is 1. The molecular weight excluding hydrogens is 334 g/mol. The molecule has 0 aliphatic rings. The average molecular weight is 352 g/mol. The smallest absolute Gasteiger partial charge is 0.255 e. The van der Waals surface area contributed by atoms with Crippen molar-refractivity contribution in [1.82, 2.24) is 5.32 Å². The van der Waals surface area contributed by atoms with Crippen LogP contribution in [-0.4, -0.2) is 17.6 Å². The second-order valence-corrected chi connectivity index (χ2v) is 6.13. The molecule has 0 unspecified atom stereocenters. The first kappa shape index (κ1) is 17.1. The summed E-state index contributed by atoms with van der Waals surface area (Å²) in [5.74, 6) is -0.526. The second-order valence-electron chi connectivity index (χ2n) is 5.72. The van der Waals surface area contributed by atoms with Crippen LogP contribution < -0.4 is 5.32 Å². The quantitative estimate of drug-likeness (QED) is 0.705. The zero-order chi connectivity index (χ0) is 17.6. The van der Waals surface area contributed by atoms with E-state index < -0.39 is 0 Å². The van der Waals surface area contributed by atoms with Crippen LogP contribution in [0.25, 0.3) is 0 Å². The molecule has 3 aromatic rings. The van der Waals surface area contributed by atoms with Crippen LogP contribution in [0.15, 0.2) is 78.9 Å². The molecule has 0 aromatic heterocycles. The lowest BCUT2D eigenvalue weighted by Gasteiger charge is -2.19. The lowest BCUT2D eigenvalue weighted by atomic mass is 9.91. The van der Waals surface area contributed by atoms with Crippen LogP contribution in [0.5, 0.6) is 5.75 Å². The Morgan fingerprint density at radius 3 is 2.00 bits per heavy atom. The predicted octanol–water partition coefficient (Wildman–Crippen LogP) is 4.61. The Morgan fingerprint density at radius 1 is 0.880 bits per heavy atom. The lowest BCUT2D eigenvalue weighted by molar-refractivity contribution is 0.0950. The summed E-state index contributed by atoms with van der Waals surface area (Å²) in [7, 11) is 0. The summed E-state index contributed by atoms with van der Waals surface area (Å²) < 4.78 is 0. The Balaban J connectivity index is 1.82. The highest BCUT2D eigenvalue weighted by Gasteiger charge is 2.18. The van der Waals surface area contributed by atoms with Gasteiger partial charge in [0.1, 0.15) is 5.75 Å². The van der Waals surface area contributed by atoms with E-state index in [4.69, 9.17) is 11.6 Å². The summed E-state index contributed by atoms with van der Waals surface area (Å²) in [5, 5.41) is 13.0. The fourth-order valence-electron chi connectivity index (χ4n) is 2.79. The van der Waals surface area contributed by atoms with Crippen LogP contribution in [0.3, 0.4) is 0 Å². The van der Waals surface area contributed by atoms with Gasteiger partial charge in [-0.05, 0) is 23.3 Å². The molecule has 0 heterocycles. The van der Waals surface area contributed by atoms with Crippen molar-refractivity contribution < 1.29 is 9.90 Å². The number of nitrogens with one attached hydrogen (secondary N) is 1. The van der Waals surface area contributed by atoms with Gasteiger partial charge in [0.15, 0.2) is 0 Å². The van der Waals surface area contributed by atoms with Crippen molar-refractivity contribution in [2.75, 3.05) is 6.54 Å². The number of aromatic hydroxyl groups is 1. The summed E-state index contributed by atoms with van der Waals surface area (Å²) in [5.41, 5.74) is 2.40. The molecule has 3 nitrogen and oxygen atoms in total. The fourth-order valence-corrected chi connectivity index (χ4v) is 2.96. The van der Waals surface area contributed by atoms with Crippen molar-refractivity contribution in [3.8, 4) is 5.75 Å². The van der Waals surface area contributed by atoms with E-state index in [0.717, 1.165) is 11.1 Å². The summed E-state index contributed by atoms with van der Waals surface area (Å²) in [6.07, 6.45) is 0. The van der Waals surface area contributed by atoms with Crippen LogP contribution in [0.2, 0.25) is 5.02 Å². The maximum atomic E-state index is 12.5. The highest BCUT2D eigenvalue weighted by molar-refractivity contribution is 6.32. The van der Waals surface area contributed by atoms with Crippen molar-refractivity contribution in [1.29, 1.82) is 0 Å². The Labute approximate surface area is 151 Å². The van der Waals surface area contributed by atoms with Gasteiger partial charge < -0.3 is 10.4 Å². The van der Waals surface area contributed by atoms with Crippen molar-refractivity contribution >= 4 is 17.5 Å². The van der Waals surface area contributed by atoms with Gasteiger partial charge in [-0.25, -0.2) is 0 Å². The predicted molar refractivity (Wildman–Crippen MR) is 100 cm³/mol. The first-order valence-corrected chi connectivity index (χ1v) is 8.40. The largest absolute Gasteiger partial charge is 0.506 e. The van der Waals surface area contributed by atoms with E-state index >= 15 is 0 Å². The van der Waals surface area contributed by atoms with Gasteiger partial charge in [0, 0.05) is 12.5 Å². The number of carbonyl (C=O) groups is 1. The molecule has 0 saturated heterocycles. The topological polar surface area (TPSA) is 49.3 Å². The number of hydrogen-bond acceptors (Lipinski definition) is 2. The second kappa shape index (κ2) is 7.86. The molecule has 0 bridgehead atoms. The summed E-state index contributed by atoms with van der Waals surface area (Å²) in [6.45, 7) is 0.415. The molecule has 4 heteroatoms. The Bertz CT molecular complexity index is 811. The third kappa shape index (κ3) is 4.01. The van der Waals surface area contributed by atoms with E-state index in [1.165, 1.54) is 0 Å². The zero-order valence-electron chi connectivity index (χ0n) is 13.5. The highest BCUT2D eigenvalue weighted by Crippen LogP contribution is 2.27. The molecule has 3 aromatic carbocycles. The Kier molecular flexibility index (Phi) is 5.36. The number of halogens is 1. The molecule has 0 fully saturated rings. The van der Waals surface area contributed by atoms with Gasteiger partial charge >= 0.3 is 0 Å². The van der Waals surface area contributed by atoms with Crippen molar-refractivity contribution in [2.24, 2.45) is 0 Å². The van der Waals surface area contributed by atoms with Gasteiger partial charge in [0.2, 0.25) is 0 Å². The molecule has 0 atom stereocenters. The molecule has 1 amide bonds. The van der Waals surface area contributed by atoms with Gasteiger partial charge in [-0.15, -0.1) is 0 Å². The maximum absolute atomic E-state index is 12.5. The van der Waals surface area contributed by atoms with Crippen LogP contribution in [0, 0.1) is 0 Å². The standard InChI is InChI=1S/C21H18ClNO2/c22-19-13-7-12-17(20(19)24)21(25)23-14-18(15-8-3-1-4-9-15)16-10-5-2-6-11-16/h1-13,18,24H,14H2,(H,23,25). The minimum atomic E-state index is -0.350. The van der Waals surface area contributed by atoms with E-state index in [-0.39, 0.29) is 28.2 Å². The summed E-state index contributed by atoms with van der Waals surface area (Å²) >= 11 is 5.88. The third-order valence-electron chi connectivity index (χ3n) is 4.10. The lowest BCUT2D eigenvalue weighted by Crippen LogP contribution is -2.29. The van der Waals surface area contributed by atoms with Gasteiger partial charge in [-0.3, -0.25) is 4.79 Å². The minimum absolute atomic E-state index is 0.0210. The van der Waals surface area contributed by atoms with Crippen LogP contribution in [0.1, 0.15) is 27.4 Å². The van der Waals surface area contributed by atoms with Crippen LogP contribution in [0.4, 0.5) is 0 Å². The Hall–Kier alpha value is -2.78. The van der Waals surface area contributed by atoms with E-state index in [1.54, 1.807) is 18.2 Å². The molecular formula is C21H18ClNO2. The molecule has 3 rings (SSSR count). The normalized spacial score (nSPS) is 10.6. The molecule has 0 aliphatic heterocycles. The van der Waals surface area contributed by atoms with Crippen LogP contribution in [-0.2, 0) is 0 Å². The average Bonchev–Trinajstić information content (AvgIpc) is 2.66. The fraction of sp³-hybridized carbons (Fsp3) is 0.0952. The first-order valence-electron chi connectivity index (χ1n) is 8.02. The van der Waals surface area contributed by atoms with E-state index in [0.29, 0.717) is 6.54 Å². The molecule has 126 valence electrons.